The van der Waals surface area contributed by atoms with Gasteiger partial charge in [-0.15, -0.1) is 0 Å². The fourth-order valence-corrected chi connectivity index (χ4v) is 4.56. The summed E-state index contributed by atoms with van der Waals surface area (Å²) in [6.45, 7) is 2.83. The molecule has 1 fully saturated rings. The highest BCUT2D eigenvalue weighted by molar-refractivity contribution is 5.83. The first-order chi connectivity index (χ1) is 12.7. The number of likely N-dealkylation sites (tertiary alicyclic amines) is 1. The molecule has 26 heavy (non-hydrogen) atoms. The zero-order valence-corrected chi connectivity index (χ0v) is 15.0. The number of nitrogens with two attached hydrogens (primary N) is 1. The van der Waals surface area contributed by atoms with Gasteiger partial charge in [0.05, 0.1) is 13.1 Å². The Kier molecular flexibility index (Phi) is 4.48. The molecule has 1 unspecified atom stereocenters. The fourth-order valence-electron chi connectivity index (χ4n) is 4.56. The molecule has 1 saturated heterocycles. The largest absolute Gasteiger partial charge is 0.364 e. The predicted molar refractivity (Wildman–Crippen MR) is 105 cm³/mol. The van der Waals surface area contributed by atoms with Crippen LogP contribution in [-0.4, -0.2) is 23.5 Å². The summed E-state index contributed by atoms with van der Waals surface area (Å²) in [4.78, 5) is 12.5. The molecule has 1 amide bonds. The topological polar surface area (TPSA) is 43.1 Å². The van der Waals surface area contributed by atoms with Crippen molar-refractivity contribution < 1.29 is 9.28 Å². The van der Waals surface area contributed by atoms with E-state index in [0.717, 1.165) is 42.5 Å². The van der Waals surface area contributed by atoms with Crippen molar-refractivity contribution in [3.05, 3.63) is 83.9 Å². The van der Waals surface area contributed by atoms with Crippen LogP contribution in [0.4, 0.5) is 0 Å². The molecule has 1 aliphatic rings. The molecule has 4 rings (SSSR count). The normalized spacial score (nSPS) is 17.2. The summed E-state index contributed by atoms with van der Waals surface area (Å²) in [7, 11) is 0. The predicted octanol–water partition coefficient (Wildman–Crippen LogP) is 4.18. The number of quaternary nitrogens is 1. The zero-order valence-electron chi connectivity index (χ0n) is 15.0. The molecular formula is C23H25N2O+. The maximum absolute atomic E-state index is 12.5. The molecule has 0 bridgehead atoms. The van der Waals surface area contributed by atoms with Gasteiger partial charge in [0.2, 0.25) is 0 Å². The minimum absolute atomic E-state index is 0.223. The number of nitrogens with zero attached hydrogens (tertiary/aromatic N) is 1. The maximum atomic E-state index is 12.5. The second kappa shape index (κ2) is 6.93. The molecule has 2 N–H and O–H groups in total. The van der Waals surface area contributed by atoms with E-state index >= 15 is 0 Å². The lowest BCUT2D eigenvalue weighted by molar-refractivity contribution is -0.949. The van der Waals surface area contributed by atoms with E-state index in [9.17, 15) is 4.79 Å². The Morgan fingerprint density at radius 2 is 1.54 bits per heavy atom. The van der Waals surface area contributed by atoms with Crippen molar-refractivity contribution in [3.8, 4) is 0 Å². The van der Waals surface area contributed by atoms with Crippen LogP contribution in [0, 0.1) is 0 Å². The van der Waals surface area contributed by atoms with Crippen molar-refractivity contribution in [1.82, 2.24) is 0 Å². The van der Waals surface area contributed by atoms with Crippen LogP contribution in [0.25, 0.3) is 10.8 Å². The SMILES string of the molecule is NC(=O)C(c1ccccc1)[N+]1(Cc2ccc3ccccc3c2)CCCC1. The Morgan fingerprint density at radius 3 is 2.23 bits per heavy atom. The number of fused-ring (bicyclic) bond motifs is 1. The van der Waals surface area contributed by atoms with Gasteiger partial charge in [0, 0.05) is 24.0 Å². The average molecular weight is 345 g/mol. The Bertz CT molecular complexity index is 914. The minimum Gasteiger partial charge on any atom is -0.364 e. The van der Waals surface area contributed by atoms with E-state index in [4.69, 9.17) is 5.73 Å². The van der Waals surface area contributed by atoms with E-state index in [1.54, 1.807) is 0 Å². The summed E-state index contributed by atoms with van der Waals surface area (Å²) in [5.74, 6) is -0.223. The Morgan fingerprint density at radius 1 is 0.885 bits per heavy atom. The third-order valence-electron chi connectivity index (χ3n) is 5.70. The number of carbonyl (C=O) groups excluding carboxylic acids is 1. The third kappa shape index (κ3) is 3.11. The van der Waals surface area contributed by atoms with Crippen molar-refractivity contribution in [1.29, 1.82) is 0 Å². The molecule has 3 heteroatoms. The fraction of sp³-hybridized carbons (Fsp3) is 0.261. The lowest BCUT2D eigenvalue weighted by atomic mass is 9.99. The first-order valence-electron chi connectivity index (χ1n) is 9.36. The summed E-state index contributed by atoms with van der Waals surface area (Å²) in [5, 5.41) is 2.50. The molecule has 0 spiro atoms. The van der Waals surface area contributed by atoms with Crippen LogP contribution in [0.1, 0.15) is 30.0 Å². The molecule has 1 heterocycles. The van der Waals surface area contributed by atoms with Crippen molar-refractivity contribution >= 4 is 16.7 Å². The van der Waals surface area contributed by atoms with Crippen molar-refractivity contribution in [3.63, 3.8) is 0 Å². The van der Waals surface area contributed by atoms with Gasteiger partial charge in [-0.25, -0.2) is 0 Å². The quantitative estimate of drug-likeness (QED) is 0.693. The summed E-state index contributed by atoms with van der Waals surface area (Å²) >= 11 is 0. The summed E-state index contributed by atoms with van der Waals surface area (Å²) in [5.41, 5.74) is 8.22. The van der Waals surface area contributed by atoms with Crippen molar-refractivity contribution in [2.75, 3.05) is 13.1 Å². The number of primary amides is 1. The van der Waals surface area contributed by atoms with E-state index in [-0.39, 0.29) is 11.9 Å². The van der Waals surface area contributed by atoms with Gasteiger partial charge in [0.25, 0.3) is 5.91 Å². The summed E-state index contributed by atoms with van der Waals surface area (Å²) < 4.78 is 0.734. The van der Waals surface area contributed by atoms with Gasteiger partial charge in [0.1, 0.15) is 6.54 Å². The lowest BCUT2D eigenvalue weighted by Crippen LogP contribution is -2.52. The molecule has 0 aliphatic carbocycles. The van der Waals surface area contributed by atoms with Gasteiger partial charge < -0.3 is 10.2 Å². The highest BCUT2D eigenvalue weighted by Crippen LogP contribution is 2.36. The van der Waals surface area contributed by atoms with Gasteiger partial charge in [-0.05, 0) is 16.8 Å². The number of hydrogen-bond acceptors (Lipinski definition) is 1. The Balaban J connectivity index is 1.74. The molecule has 3 aromatic carbocycles. The molecule has 0 aromatic heterocycles. The first kappa shape index (κ1) is 16.8. The Hall–Kier alpha value is -2.65. The van der Waals surface area contributed by atoms with Crippen LogP contribution in [0.5, 0.6) is 0 Å². The van der Waals surface area contributed by atoms with Gasteiger partial charge in [-0.1, -0.05) is 66.7 Å². The zero-order chi connectivity index (χ0) is 18.0. The maximum Gasteiger partial charge on any atom is 0.280 e. The highest BCUT2D eigenvalue weighted by atomic mass is 16.1. The third-order valence-corrected chi connectivity index (χ3v) is 5.70. The number of benzene rings is 3. The van der Waals surface area contributed by atoms with E-state index in [2.05, 4.69) is 42.5 Å². The number of amides is 1. The molecule has 0 radical (unpaired) electrons. The smallest absolute Gasteiger partial charge is 0.280 e. The van der Waals surface area contributed by atoms with Crippen LogP contribution in [-0.2, 0) is 11.3 Å². The highest BCUT2D eigenvalue weighted by Gasteiger charge is 2.44. The van der Waals surface area contributed by atoms with Crippen molar-refractivity contribution in [2.45, 2.75) is 25.4 Å². The number of carbonyl (C=O) groups is 1. The first-order valence-corrected chi connectivity index (χ1v) is 9.36. The van der Waals surface area contributed by atoms with Crippen LogP contribution in [0.3, 0.4) is 0 Å². The average Bonchev–Trinajstić information content (AvgIpc) is 3.11. The molecule has 0 saturated carbocycles. The van der Waals surface area contributed by atoms with E-state index in [1.807, 2.05) is 30.3 Å². The summed E-state index contributed by atoms with van der Waals surface area (Å²) in [6.07, 6.45) is 2.29. The molecule has 132 valence electrons. The number of hydrogen-bond donors (Lipinski definition) is 1. The van der Waals surface area contributed by atoms with Crippen LogP contribution < -0.4 is 5.73 Å². The van der Waals surface area contributed by atoms with E-state index < -0.39 is 0 Å². The second-order valence-corrected chi connectivity index (χ2v) is 7.43. The monoisotopic (exact) mass is 345 g/mol. The minimum atomic E-state index is -0.287. The number of rotatable bonds is 5. The molecule has 1 atom stereocenters. The lowest BCUT2D eigenvalue weighted by Gasteiger charge is -2.40. The van der Waals surface area contributed by atoms with E-state index in [0.29, 0.717) is 0 Å². The van der Waals surface area contributed by atoms with Gasteiger partial charge in [0.15, 0.2) is 6.04 Å². The van der Waals surface area contributed by atoms with E-state index in [1.165, 1.54) is 16.3 Å². The molecule has 3 nitrogen and oxygen atoms in total. The molecular weight excluding hydrogens is 320 g/mol. The molecule has 3 aromatic rings. The van der Waals surface area contributed by atoms with Gasteiger partial charge in [-0.2, -0.15) is 0 Å². The van der Waals surface area contributed by atoms with Crippen molar-refractivity contribution in [2.24, 2.45) is 5.73 Å². The van der Waals surface area contributed by atoms with Crippen LogP contribution in [0.2, 0.25) is 0 Å². The van der Waals surface area contributed by atoms with Crippen LogP contribution >= 0.6 is 0 Å². The van der Waals surface area contributed by atoms with Gasteiger partial charge in [-0.3, -0.25) is 4.79 Å². The van der Waals surface area contributed by atoms with Gasteiger partial charge >= 0.3 is 0 Å². The molecule has 1 aliphatic heterocycles. The standard InChI is InChI=1S/C23H24N2O/c24-23(26)22(20-9-2-1-3-10-20)25(14-6-7-15-25)17-18-12-13-19-8-4-5-11-21(19)16-18/h1-5,8-13,16,22H,6-7,14-15,17H2,(H-,24,26)/p+1. The Labute approximate surface area is 154 Å². The van der Waals surface area contributed by atoms with Crippen LogP contribution in [0.15, 0.2) is 72.8 Å². The second-order valence-electron chi connectivity index (χ2n) is 7.43. The summed E-state index contributed by atoms with van der Waals surface area (Å²) in [6, 6.07) is 24.8.